The van der Waals surface area contributed by atoms with Gasteiger partial charge in [0.25, 0.3) is 5.91 Å². The van der Waals surface area contributed by atoms with Crippen LogP contribution in [0.3, 0.4) is 0 Å². The maximum atomic E-state index is 13.1. The fraction of sp³-hybridized carbons (Fsp3) is 0. The molecule has 0 bridgehead atoms. The van der Waals surface area contributed by atoms with Crippen LogP contribution >= 0.6 is 27.5 Å². The summed E-state index contributed by atoms with van der Waals surface area (Å²) < 4.78 is 0.884. The molecule has 0 saturated heterocycles. The van der Waals surface area contributed by atoms with Gasteiger partial charge in [-0.05, 0) is 23.8 Å². The number of benzene rings is 3. The molecule has 0 aliphatic carbocycles. The molecule has 4 nitrogen and oxygen atoms in total. The lowest BCUT2D eigenvalue weighted by Crippen LogP contribution is -2.27. The average Bonchev–Trinajstić information content (AvgIpc) is 3.05. The normalized spacial score (nSPS) is 15.4. The number of amidine groups is 1. The summed E-state index contributed by atoms with van der Waals surface area (Å²) in [5.74, 6) is 0.167. The van der Waals surface area contributed by atoms with Gasteiger partial charge >= 0.3 is 0 Å². The Bertz CT molecular complexity index is 1160. The van der Waals surface area contributed by atoms with Crippen LogP contribution in [0.25, 0.3) is 6.08 Å². The van der Waals surface area contributed by atoms with Crippen LogP contribution in [-0.4, -0.2) is 23.0 Å². The molecule has 1 amide bonds. The predicted octanol–water partition coefficient (Wildman–Crippen LogP) is 5.77. The third kappa shape index (κ3) is 4.21. The Morgan fingerprint density at radius 2 is 1.55 bits per heavy atom. The van der Waals surface area contributed by atoms with E-state index in [1.807, 2.05) is 72.8 Å². The molecule has 3 aromatic rings. The van der Waals surface area contributed by atoms with Gasteiger partial charge in [0.1, 0.15) is 5.70 Å². The van der Waals surface area contributed by atoms with Crippen molar-refractivity contribution in [3.8, 4) is 0 Å². The van der Waals surface area contributed by atoms with Crippen molar-refractivity contribution in [1.82, 2.24) is 5.01 Å². The Kier molecular flexibility index (Phi) is 5.69. The lowest BCUT2D eigenvalue weighted by Gasteiger charge is -2.12. The Balaban J connectivity index is 1.76. The van der Waals surface area contributed by atoms with Crippen molar-refractivity contribution in [3.63, 3.8) is 0 Å². The van der Waals surface area contributed by atoms with Gasteiger partial charge in [0.05, 0.1) is 6.21 Å². The highest BCUT2D eigenvalue weighted by atomic mass is 79.9. The minimum absolute atomic E-state index is 0.303. The molecule has 1 aliphatic heterocycles. The molecule has 0 saturated carbocycles. The molecular weight excluding hydrogens is 450 g/mol. The smallest absolute Gasteiger partial charge is 0.265 e. The SMILES string of the molecule is O=C1/C(=C/c2ccccc2Br)N=C(c2ccccc2)N1/N=C/c1ccccc1Cl. The quantitative estimate of drug-likeness (QED) is 0.357. The molecule has 0 fully saturated rings. The third-order valence-corrected chi connectivity index (χ3v) is 5.35. The Morgan fingerprint density at radius 3 is 2.28 bits per heavy atom. The van der Waals surface area contributed by atoms with Crippen LogP contribution in [0.2, 0.25) is 5.02 Å². The number of carbonyl (C=O) groups excluding carboxylic acids is 1. The largest absolute Gasteiger partial charge is 0.298 e. The lowest BCUT2D eigenvalue weighted by atomic mass is 10.2. The second-order valence-corrected chi connectivity index (χ2v) is 7.50. The molecule has 0 aromatic heterocycles. The van der Waals surface area contributed by atoms with E-state index in [4.69, 9.17) is 11.6 Å². The van der Waals surface area contributed by atoms with Crippen LogP contribution in [0.15, 0.2) is 99.1 Å². The monoisotopic (exact) mass is 463 g/mol. The first-order chi connectivity index (χ1) is 14.1. The van der Waals surface area contributed by atoms with Crippen molar-refractivity contribution in [2.75, 3.05) is 0 Å². The summed E-state index contributed by atoms with van der Waals surface area (Å²) in [5, 5.41) is 6.27. The van der Waals surface area contributed by atoms with Gasteiger partial charge < -0.3 is 0 Å². The predicted molar refractivity (Wildman–Crippen MR) is 121 cm³/mol. The van der Waals surface area contributed by atoms with Crippen LogP contribution < -0.4 is 0 Å². The molecule has 0 atom stereocenters. The van der Waals surface area contributed by atoms with Gasteiger partial charge in [0.15, 0.2) is 5.84 Å². The van der Waals surface area contributed by atoms with Crippen molar-refractivity contribution in [3.05, 3.63) is 111 Å². The van der Waals surface area contributed by atoms with Crippen LogP contribution in [-0.2, 0) is 4.79 Å². The van der Waals surface area contributed by atoms with Gasteiger partial charge in [-0.3, -0.25) is 4.79 Å². The van der Waals surface area contributed by atoms with Gasteiger partial charge in [-0.2, -0.15) is 10.1 Å². The molecule has 29 heavy (non-hydrogen) atoms. The summed E-state index contributed by atoms with van der Waals surface area (Å²) in [6, 6.07) is 24.5. The Labute approximate surface area is 182 Å². The first-order valence-corrected chi connectivity index (χ1v) is 10.0. The molecule has 0 spiro atoms. The number of aliphatic imine (C=N–C) groups is 1. The van der Waals surface area contributed by atoms with Crippen LogP contribution in [0.4, 0.5) is 0 Å². The van der Waals surface area contributed by atoms with Gasteiger partial charge in [-0.1, -0.05) is 94.3 Å². The van der Waals surface area contributed by atoms with E-state index < -0.39 is 0 Å². The first-order valence-electron chi connectivity index (χ1n) is 8.87. The molecular formula is C23H15BrClN3O. The van der Waals surface area contributed by atoms with E-state index in [2.05, 4.69) is 26.0 Å². The summed E-state index contributed by atoms with van der Waals surface area (Å²) in [4.78, 5) is 17.7. The highest BCUT2D eigenvalue weighted by Gasteiger charge is 2.31. The first kappa shape index (κ1) is 19.3. The second kappa shape index (κ2) is 8.55. The number of hydrazone groups is 1. The zero-order valence-electron chi connectivity index (χ0n) is 15.2. The van der Waals surface area contributed by atoms with E-state index >= 15 is 0 Å². The summed E-state index contributed by atoms with van der Waals surface area (Å²) in [6.07, 6.45) is 3.32. The molecule has 4 rings (SSSR count). The number of rotatable bonds is 4. The van der Waals surface area contributed by atoms with Gasteiger partial charge in [0, 0.05) is 20.6 Å². The van der Waals surface area contributed by atoms with Crippen molar-refractivity contribution in [1.29, 1.82) is 0 Å². The van der Waals surface area contributed by atoms with Crippen molar-refractivity contribution in [2.24, 2.45) is 10.1 Å². The maximum absolute atomic E-state index is 13.1. The molecule has 0 radical (unpaired) electrons. The van der Waals surface area contributed by atoms with E-state index in [1.165, 1.54) is 5.01 Å². The van der Waals surface area contributed by atoms with Gasteiger partial charge in [-0.25, -0.2) is 4.99 Å². The number of halogens is 2. The molecule has 0 unspecified atom stereocenters. The summed E-state index contributed by atoms with van der Waals surface area (Å²) in [7, 11) is 0. The molecule has 1 aliphatic rings. The standard InChI is InChI=1S/C23H15BrClN3O/c24-19-12-6-4-10-17(19)14-21-23(29)28(22(27-21)16-8-2-1-3-9-16)26-15-18-11-5-7-13-20(18)25/h1-15H/b21-14-,26-15+. The number of nitrogens with zero attached hydrogens (tertiary/aromatic N) is 3. The highest BCUT2D eigenvalue weighted by molar-refractivity contribution is 9.10. The van der Waals surface area contributed by atoms with Crippen LogP contribution in [0, 0.1) is 0 Å². The Morgan fingerprint density at radius 1 is 0.897 bits per heavy atom. The summed E-state index contributed by atoms with van der Waals surface area (Å²) in [5.41, 5.74) is 2.70. The van der Waals surface area contributed by atoms with E-state index in [9.17, 15) is 4.79 Å². The second-order valence-electron chi connectivity index (χ2n) is 6.24. The number of hydrogen-bond acceptors (Lipinski definition) is 3. The van der Waals surface area contributed by atoms with Crippen molar-refractivity contribution in [2.45, 2.75) is 0 Å². The molecule has 142 valence electrons. The zero-order valence-corrected chi connectivity index (χ0v) is 17.5. The fourth-order valence-corrected chi connectivity index (χ4v) is 3.41. The Hall–Kier alpha value is -3.02. The van der Waals surface area contributed by atoms with Crippen LogP contribution in [0.1, 0.15) is 16.7 Å². The van der Waals surface area contributed by atoms with E-state index in [0.29, 0.717) is 16.6 Å². The number of hydrogen-bond donors (Lipinski definition) is 0. The number of carbonyl (C=O) groups is 1. The zero-order chi connectivity index (χ0) is 20.2. The van der Waals surface area contributed by atoms with E-state index in [0.717, 1.165) is 21.2 Å². The lowest BCUT2D eigenvalue weighted by molar-refractivity contribution is -0.122. The van der Waals surface area contributed by atoms with E-state index in [-0.39, 0.29) is 5.91 Å². The fourth-order valence-electron chi connectivity index (χ4n) is 2.83. The van der Waals surface area contributed by atoms with Gasteiger partial charge in [0.2, 0.25) is 0 Å². The molecule has 0 N–H and O–H groups in total. The summed E-state index contributed by atoms with van der Waals surface area (Å²) >= 11 is 9.72. The topological polar surface area (TPSA) is 45.0 Å². The molecule has 1 heterocycles. The van der Waals surface area contributed by atoms with Crippen LogP contribution in [0.5, 0.6) is 0 Å². The van der Waals surface area contributed by atoms with Crippen molar-refractivity contribution < 1.29 is 4.79 Å². The minimum Gasteiger partial charge on any atom is -0.265 e. The molecule has 6 heteroatoms. The maximum Gasteiger partial charge on any atom is 0.298 e. The number of amides is 1. The third-order valence-electron chi connectivity index (χ3n) is 4.29. The summed E-state index contributed by atoms with van der Waals surface area (Å²) in [6.45, 7) is 0. The van der Waals surface area contributed by atoms with Gasteiger partial charge in [-0.15, -0.1) is 0 Å². The minimum atomic E-state index is -0.303. The van der Waals surface area contributed by atoms with E-state index in [1.54, 1.807) is 18.4 Å². The van der Waals surface area contributed by atoms with Crippen molar-refractivity contribution >= 4 is 51.6 Å². The average molecular weight is 465 g/mol. The highest BCUT2D eigenvalue weighted by Crippen LogP contribution is 2.25. The molecule has 3 aromatic carbocycles.